The number of nitrogen functional groups attached to an aromatic ring is 1. The van der Waals surface area contributed by atoms with E-state index >= 15 is 0 Å². The first-order valence-corrected chi connectivity index (χ1v) is 8.19. The molecule has 0 atom stereocenters. The molecule has 0 aromatic heterocycles. The summed E-state index contributed by atoms with van der Waals surface area (Å²) in [5.41, 5.74) is 7.88. The van der Waals surface area contributed by atoms with E-state index in [4.69, 9.17) is 22.1 Å². The fourth-order valence-electron chi connectivity index (χ4n) is 2.84. The molecule has 1 saturated heterocycles. The molecule has 0 bridgehead atoms. The van der Waals surface area contributed by atoms with Gasteiger partial charge in [-0.15, -0.1) is 0 Å². The van der Waals surface area contributed by atoms with Crippen molar-refractivity contribution in [3.8, 4) is 5.75 Å². The van der Waals surface area contributed by atoms with Gasteiger partial charge in [0.25, 0.3) is 5.91 Å². The minimum absolute atomic E-state index is 0.0469. The third-order valence-corrected chi connectivity index (χ3v) is 4.54. The first-order valence-electron chi connectivity index (χ1n) is 7.82. The topological polar surface area (TPSA) is 58.8 Å². The summed E-state index contributed by atoms with van der Waals surface area (Å²) in [5.74, 6) is 0.792. The Morgan fingerprint density at radius 2 is 1.75 bits per heavy atom. The van der Waals surface area contributed by atoms with Gasteiger partial charge in [-0.3, -0.25) is 4.79 Å². The maximum absolute atomic E-state index is 12.6. The lowest BCUT2D eigenvalue weighted by Crippen LogP contribution is -2.48. The number of amides is 1. The normalized spacial score (nSPS) is 14.6. The Labute approximate surface area is 146 Å². The molecule has 0 aliphatic carbocycles. The smallest absolute Gasteiger partial charge is 0.255 e. The average Bonchev–Trinajstić information content (AvgIpc) is 2.61. The van der Waals surface area contributed by atoms with Gasteiger partial charge < -0.3 is 20.3 Å². The molecular weight excluding hydrogens is 326 g/mol. The van der Waals surface area contributed by atoms with Crippen molar-refractivity contribution >= 4 is 28.9 Å². The van der Waals surface area contributed by atoms with Gasteiger partial charge in [0.1, 0.15) is 5.75 Å². The number of carbonyl (C=O) groups excluding carboxylic acids is 1. The molecular formula is C18H20ClN3O2. The summed E-state index contributed by atoms with van der Waals surface area (Å²) in [7, 11) is 1.65. The van der Waals surface area contributed by atoms with Gasteiger partial charge in [0, 0.05) is 37.6 Å². The Hall–Kier alpha value is -2.40. The molecule has 0 unspecified atom stereocenters. The zero-order chi connectivity index (χ0) is 17.1. The fourth-order valence-corrected chi connectivity index (χ4v) is 3.11. The van der Waals surface area contributed by atoms with Crippen molar-refractivity contribution in [2.45, 2.75) is 0 Å². The number of halogens is 1. The predicted octanol–water partition coefficient (Wildman–Crippen LogP) is 2.89. The molecule has 24 heavy (non-hydrogen) atoms. The lowest BCUT2D eigenvalue weighted by Gasteiger charge is -2.36. The van der Waals surface area contributed by atoms with E-state index in [9.17, 15) is 4.79 Å². The molecule has 0 radical (unpaired) electrons. The number of benzene rings is 2. The molecule has 1 aliphatic rings. The van der Waals surface area contributed by atoms with Gasteiger partial charge in [-0.2, -0.15) is 0 Å². The van der Waals surface area contributed by atoms with Crippen molar-refractivity contribution in [1.29, 1.82) is 0 Å². The summed E-state index contributed by atoms with van der Waals surface area (Å²) in [6, 6.07) is 13.0. The number of ether oxygens (including phenoxy) is 1. The van der Waals surface area contributed by atoms with E-state index < -0.39 is 0 Å². The molecule has 1 heterocycles. The van der Waals surface area contributed by atoms with Crippen LogP contribution in [0.1, 0.15) is 10.4 Å². The van der Waals surface area contributed by atoms with Gasteiger partial charge in [0.2, 0.25) is 0 Å². The van der Waals surface area contributed by atoms with Crippen LogP contribution < -0.4 is 15.4 Å². The molecule has 1 aliphatic heterocycles. The van der Waals surface area contributed by atoms with Crippen LogP contribution in [0.25, 0.3) is 0 Å². The summed E-state index contributed by atoms with van der Waals surface area (Å²) in [6.07, 6.45) is 0. The Morgan fingerprint density at radius 1 is 1.08 bits per heavy atom. The van der Waals surface area contributed by atoms with Crippen molar-refractivity contribution in [2.24, 2.45) is 0 Å². The van der Waals surface area contributed by atoms with Crippen LogP contribution in [0.5, 0.6) is 5.75 Å². The fraction of sp³-hybridized carbons (Fsp3) is 0.278. The molecule has 126 valence electrons. The number of anilines is 2. The van der Waals surface area contributed by atoms with E-state index in [0.717, 1.165) is 24.5 Å². The van der Waals surface area contributed by atoms with Crippen molar-refractivity contribution in [2.75, 3.05) is 43.9 Å². The van der Waals surface area contributed by atoms with E-state index in [2.05, 4.69) is 4.90 Å². The molecule has 3 rings (SSSR count). The predicted molar refractivity (Wildman–Crippen MR) is 97.0 cm³/mol. The number of nitrogens with zero attached hydrogens (tertiary/aromatic N) is 2. The molecule has 2 aromatic carbocycles. The quantitative estimate of drug-likeness (QED) is 0.869. The second kappa shape index (κ2) is 7.01. The lowest BCUT2D eigenvalue weighted by atomic mass is 10.1. The van der Waals surface area contributed by atoms with E-state index in [0.29, 0.717) is 29.4 Å². The number of hydrogen-bond acceptors (Lipinski definition) is 4. The zero-order valence-electron chi connectivity index (χ0n) is 13.5. The highest BCUT2D eigenvalue weighted by atomic mass is 35.5. The number of hydrogen-bond donors (Lipinski definition) is 1. The highest BCUT2D eigenvalue weighted by Crippen LogP contribution is 2.23. The van der Waals surface area contributed by atoms with E-state index in [1.165, 1.54) is 0 Å². The number of carbonyl (C=O) groups is 1. The van der Waals surface area contributed by atoms with Crippen LogP contribution in [0.3, 0.4) is 0 Å². The summed E-state index contributed by atoms with van der Waals surface area (Å²) >= 11 is 6.15. The maximum Gasteiger partial charge on any atom is 0.255 e. The highest BCUT2D eigenvalue weighted by molar-refractivity contribution is 6.34. The second-order valence-electron chi connectivity index (χ2n) is 5.72. The Balaban J connectivity index is 1.64. The Bertz CT molecular complexity index is 726. The zero-order valence-corrected chi connectivity index (χ0v) is 14.3. The van der Waals surface area contributed by atoms with Crippen LogP contribution in [-0.2, 0) is 0 Å². The summed E-state index contributed by atoms with van der Waals surface area (Å²) < 4.78 is 5.18. The molecule has 1 amide bonds. The SMILES string of the molecule is COc1ccc(N2CCN(C(=O)c3ccc(N)cc3Cl)CC2)cc1. The van der Waals surface area contributed by atoms with Gasteiger partial charge in [0.15, 0.2) is 0 Å². The van der Waals surface area contributed by atoms with Crippen LogP contribution in [-0.4, -0.2) is 44.1 Å². The summed E-state index contributed by atoms with van der Waals surface area (Å²) in [4.78, 5) is 16.7. The van der Waals surface area contributed by atoms with Crippen LogP contribution in [0, 0.1) is 0 Å². The summed E-state index contributed by atoms with van der Waals surface area (Å²) in [5, 5.41) is 0.401. The van der Waals surface area contributed by atoms with Crippen LogP contribution >= 0.6 is 11.6 Å². The molecule has 6 heteroatoms. The number of piperazine rings is 1. The number of rotatable bonds is 3. The Morgan fingerprint density at radius 3 is 2.33 bits per heavy atom. The molecule has 0 spiro atoms. The van der Waals surface area contributed by atoms with E-state index in [-0.39, 0.29) is 5.91 Å². The van der Waals surface area contributed by atoms with Crippen molar-refractivity contribution in [3.63, 3.8) is 0 Å². The van der Waals surface area contributed by atoms with Crippen molar-refractivity contribution in [3.05, 3.63) is 53.1 Å². The van der Waals surface area contributed by atoms with Crippen LogP contribution in [0.2, 0.25) is 5.02 Å². The largest absolute Gasteiger partial charge is 0.497 e. The molecule has 1 fully saturated rings. The molecule has 2 aromatic rings. The lowest BCUT2D eigenvalue weighted by molar-refractivity contribution is 0.0747. The van der Waals surface area contributed by atoms with Gasteiger partial charge in [-0.25, -0.2) is 0 Å². The van der Waals surface area contributed by atoms with Gasteiger partial charge in [-0.1, -0.05) is 11.6 Å². The monoisotopic (exact) mass is 345 g/mol. The van der Waals surface area contributed by atoms with Gasteiger partial charge >= 0.3 is 0 Å². The second-order valence-corrected chi connectivity index (χ2v) is 6.12. The summed E-state index contributed by atoms with van der Waals surface area (Å²) in [6.45, 7) is 2.88. The van der Waals surface area contributed by atoms with Crippen molar-refractivity contribution < 1.29 is 9.53 Å². The average molecular weight is 346 g/mol. The molecule has 0 saturated carbocycles. The Kier molecular flexibility index (Phi) is 4.81. The van der Waals surface area contributed by atoms with E-state index in [1.54, 1.807) is 25.3 Å². The molecule has 2 N–H and O–H groups in total. The van der Waals surface area contributed by atoms with Gasteiger partial charge in [0.05, 0.1) is 17.7 Å². The minimum atomic E-state index is -0.0469. The first kappa shape index (κ1) is 16.5. The van der Waals surface area contributed by atoms with Crippen LogP contribution in [0.4, 0.5) is 11.4 Å². The van der Waals surface area contributed by atoms with Crippen molar-refractivity contribution in [1.82, 2.24) is 4.90 Å². The third kappa shape index (κ3) is 3.41. The van der Waals surface area contributed by atoms with Gasteiger partial charge in [-0.05, 0) is 42.5 Å². The third-order valence-electron chi connectivity index (χ3n) is 4.23. The highest BCUT2D eigenvalue weighted by Gasteiger charge is 2.23. The maximum atomic E-state index is 12.6. The first-order chi connectivity index (χ1) is 11.6. The minimum Gasteiger partial charge on any atom is -0.497 e. The standard InChI is InChI=1S/C18H20ClN3O2/c1-24-15-5-3-14(4-6-15)21-8-10-22(11-9-21)18(23)16-7-2-13(20)12-17(16)19/h2-7,12H,8-11,20H2,1H3. The van der Waals surface area contributed by atoms with E-state index in [1.807, 2.05) is 29.2 Å². The number of nitrogens with two attached hydrogens (primary N) is 1. The number of methoxy groups -OCH3 is 1. The molecule has 5 nitrogen and oxygen atoms in total. The van der Waals surface area contributed by atoms with Crippen LogP contribution in [0.15, 0.2) is 42.5 Å².